The topological polar surface area (TPSA) is 38.3 Å². The monoisotopic (exact) mass is 277 g/mol. The lowest BCUT2D eigenvalue weighted by Gasteiger charge is -2.02. The number of halogens is 1. The molecule has 0 saturated carbocycles. The Morgan fingerprint density at radius 1 is 1.64 bits per heavy atom. The lowest BCUT2D eigenvalue weighted by molar-refractivity contribution is 0.0926. The average Bonchev–Trinajstić information content (AvgIpc) is 2.59. The molecule has 0 unspecified atom stereocenters. The Labute approximate surface area is 95.6 Å². The Morgan fingerprint density at radius 2 is 2.43 bits per heavy atom. The van der Waals surface area contributed by atoms with E-state index in [1.54, 1.807) is 6.07 Å². The lowest BCUT2D eigenvalue weighted by Crippen LogP contribution is -2.26. The fourth-order valence-corrected chi connectivity index (χ4v) is 2.21. The van der Waals surface area contributed by atoms with Crippen LogP contribution in [-0.2, 0) is 4.74 Å². The Morgan fingerprint density at radius 3 is 3.00 bits per heavy atom. The summed E-state index contributed by atoms with van der Waals surface area (Å²) in [6.45, 7) is 3.73. The van der Waals surface area contributed by atoms with Gasteiger partial charge in [0.05, 0.1) is 15.3 Å². The van der Waals surface area contributed by atoms with Crippen LogP contribution in [0, 0.1) is 0 Å². The molecule has 1 heterocycles. The van der Waals surface area contributed by atoms with E-state index in [0.29, 0.717) is 24.6 Å². The Kier molecular flexibility index (Phi) is 5.14. The highest BCUT2D eigenvalue weighted by Crippen LogP contribution is 2.21. The number of carbonyl (C=O) groups is 1. The predicted molar refractivity (Wildman–Crippen MR) is 60.8 cm³/mol. The van der Waals surface area contributed by atoms with Crippen LogP contribution in [0.15, 0.2) is 15.9 Å². The molecular weight excluding hydrogens is 266 g/mol. The third-order valence-corrected chi connectivity index (χ3v) is 3.16. The molecular formula is C9H12BrNO2S. The summed E-state index contributed by atoms with van der Waals surface area (Å²) < 4.78 is 6.07. The molecule has 14 heavy (non-hydrogen) atoms. The largest absolute Gasteiger partial charge is 0.380 e. The molecule has 0 fully saturated rings. The van der Waals surface area contributed by atoms with E-state index in [4.69, 9.17) is 4.74 Å². The van der Waals surface area contributed by atoms with Crippen molar-refractivity contribution < 1.29 is 9.53 Å². The number of hydrogen-bond acceptors (Lipinski definition) is 3. The van der Waals surface area contributed by atoms with Gasteiger partial charge >= 0.3 is 0 Å². The molecule has 0 aliphatic rings. The molecule has 0 saturated heterocycles. The van der Waals surface area contributed by atoms with Crippen LogP contribution in [0.4, 0.5) is 0 Å². The van der Waals surface area contributed by atoms with Gasteiger partial charge in [-0.25, -0.2) is 0 Å². The van der Waals surface area contributed by atoms with Gasteiger partial charge in [0.1, 0.15) is 0 Å². The molecule has 0 aromatic carbocycles. The average molecular weight is 278 g/mol. The van der Waals surface area contributed by atoms with Crippen molar-refractivity contribution in [3.05, 3.63) is 20.8 Å². The zero-order valence-electron chi connectivity index (χ0n) is 7.88. The molecule has 78 valence electrons. The molecule has 3 nitrogen and oxygen atoms in total. The first-order valence-electron chi connectivity index (χ1n) is 4.35. The first-order chi connectivity index (χ1) is 6.74. The molecule has 1 amide bonds. The Balaban J connectivity index is 2.29. The summed E-state index contributed by atoms with van der Waals surface area (Å²) in [5, 5.41) is 2.77. The SMILES string of the molecule is CCOCCNC(=O)c1ccc(Br)s1. The van der Waals surface area contributed by atoms with Crippen LogP contribution in [0.5, 0.6) is 0 Å². The van der Waals surface area contributed by atoms with E-state index >= 15 is 0 Å². The first kappa shape index (κ1) is 11.7. The van der Waals surface area contributed by atoms with Crippen LogP contribution in [0.3, 0.4) is 0 Å². The van der Waals surface area contributed by atoms with Crippen molar-refractivity contribution >= 4 is 33.2 Å². The highest BCUT2D eigenvalue weighted by molar-refractivity contribution is 9.11. The van der Waals surface area contributed by atoms with E-state index in [2.05, 4.69) is 21.2 Å². The van der Waals surface area contributed by atoms with Crippen LogP contribution in [-0.4, -0.2) is 25.7 Å². The number of rotatable bonds is 5. The second-order valence-corrected chi connectivity index (χ2v) is 5.02. The minimum absolute atomic E-state index is 0.0413. The first-order valence-corrected chi connectivity index (χ1v) is 5.96. The number of nitrogens with one attached hydrogen (secondary N) is 1. The van der Waals surface area contributed by atoms with E-state index in [9.17, 15) is 4.79 Å². The molecule has 1 N–H and O–H groups in total. The zero-order chi connectivity index (χ0) is 10.4. The van der Waals surface area contributed by atoms with Crippen LogP contribution in [0.1, 0.15) is 16.6 Å². The highest BCUT2D eigenvalue weighted by Gasteiger charge is 2.06. The fraction of sp³-hybridized carbons (Fsp3) is 0.444. The van der Waals surface area contributed by atoms with Gasteiger partial charge in [0.25, 0.3) is 5.91 Å². The standard InChI is InChI=1S/C9H12BrNO2S/c1-2-13-6-5-11-9(12)7-3-4-8(10)14-7/h3-4H,2,5-6H2,1H3,(H,11,12). The molecule has 0 atom stereocenters. The van der Waals surface area contributed by atoms with Crippen molar-refractivity contribution in [1.29, 1.82) is 0 Å². The van der Waals surface area contributed by atoms with Crippen molar-refractivity contribution in [2.45, 2.75) is 6.92 Å². The quantitative estimate of drug-likeness (QED) is 0.839. The zero-order valence-corrected chi connectivity index (χ0v) is 10.3. The molecule has 0 bridgehead atoms. The van der Waals surface area contributed by atoms with Crippen LogP contribution < -0.4 is 5.32 Å². The Bertz CT molecular complexity index is 301. The second-order valence-electron chi connectivity index (χ2n) is 2.56. The minimum atomic E-state index is -0.0413. The maximum absolute atomic E-state index is 11.4. The molecule has 1 aromatic heterocycles. The maximum Gasteiger partial charge on any atom is 0.261 e. The summed E-state index contributed by atoms with van der Waals surface area (Å²) in [6, 6.07) is 3.66. The number of hydrogen-bond donors (Lipinski definition) is 1. The van der Waals surface area contributed by atoms with Crippen molar-refractivity contribution in [3.8, 4) is 0 Å². The molecule has 1 aromatic rings. The molecule has 0 spiro atoms. The smallest absolute Gasteiger partial charge is 0.261 e. The van der Waals surface area contributed by atoms with Gasteiger partial charge in [-0.2, -0.15) is 0 Å². The molecule has 1 rings (SSSR count). The van der Waals surface area contributed by atoms with Gasteiger partial charge in [-0.3, -0.25) is 4.79 Å². The summed E-state index contributed by atoms with van der Waals surface area (Å²) in [5.41, 5.74) is 0. The van der Waals surface area contributed by atoms with Crippen LogP contribution in [0.25, 0.3) is 0 Å². The van der Waals surface area contributed by atoms with Gasteiger partial charge in [-0.1, -0.05) is 0 Å². The Hall–Kier alpha value is -0.390. The highest BCUT2D eigenvalue weighted by atomic mass is 79.9. The molecule has 0 aliphatic heterocycles. The fourth-order valence-electron chi connectivity index (χ4n) is 0.905. The van der Waals surface area contributed by atoms with Crippen molar-refractivity contribution in [2.24, 2.45) is 0 Å². The summed E-state index contributed by atoms with van der Waals surface area (Å²) in [5.74, 6) is -0.0413. The van der Waals surface area contributed by atoms with Crippen molar-refractivity contribution in [3.63, 3.8) is 0 Å². The second kappa shape index (κ2) is 6.16. The van der Waals surface area contributed by atoms with Crippen molar-refractivity contribution in [1.82, 2.24) is 5.32 Å². The van der Waals surface area contributed by atoms with Crippen molar-refractivity contribution in [2.75, 3.05) is 19.8 Å². The predicted octanol–water partition coefficient (Wildman–Crippen LogP) is 2.28. The normalized spacial score (nSPS) is 10.1. The number of thiophene rings is 1. The van der Waals surface area contributed by atoms with Gasteiger partial charge in [-0.05, 0) is 35.0 Å². The maximum atomic E-state index is 11.4. The van der Waals surface area contributed by atoms with Gasteiger partial charge in [0.2, 0.25) is 0 Å². The van der Waals surface area contributed by atoms with E-state index in [-0.39, 0.29) is 5.91 Å². The van der Waals surface area contributed by atoms with E-state index in [1.807, 2.05) is 13.0 Å². The molecule has 5 heteroatoms. The summed E-state index contributed by atoms with van der Waals surface area (Å²) in [6.07, 6.45) is 0. The van der Waals surface area contributed by atoms with Crippen LogP contribution >= 0.6 is 27.3 Å². The third kappa shape index (κ3) is 3.77. The van der Waals surface area contributed by atoms with Crippen LogP contribution in [0.2, 0.25) is 0 Å². The van der Waals surface area contributed by atoms with Gasteiger partial charge < -0.3 is 10.1 Å². The van der Waals surface area contributed by atoms with E-state index in [1.165, 1.54) is 11.3 Å². The molecule has 0 radical (unpaired) electrons. The third-order valence-electron chi connectivity index (χ3n) is 1.53. The van der Waals surface area contributed by atoms with Gasteiger partial charge in [0.15, 0.2) is 0 Å². The lowest BCUT2D eigenvalue weighted by atomic mass is 10.4. The number of ether oxygens (including phenoxy) is 1. The summed E-state index contributed by atoms with van der Waals surface area (Å²) >= 11 is 4.73. The summed E-state index contributed by atoms with van der Waals surface area (Å²) in [4.78, 5) is 12.2. The van der Waals surface area contributed by atoms with E-state index < -0.39 is 0 Å². The number of amides is 1. The molecule has 0 aliphatic carbocycles. The number of carbonyl (C=O) groups excluding carboxylic acids is 1. The minimum Gasteiger partial charge on any atom is -0.380 e. The van der Waals surface area contributed by atoms with Gasteiger partial charge in [-0.15, -0.1) is 11.3 Å². The van der Waals surface area contributed by atoms with Gasteiger partial charge in [0, 0.05) is 13.2 Å². The van der Waals surface area contributed by atoms with E-state index in [0.717, 1.165) is 3.79 Å². The summed E-state index contributed by atoms with van der Waals surface area (Å²) in [7, 11) is 0.